The first kappa shape index (κ1) is 15.4. The number of fused-ring (bicyclic) bond motifs is 1. The molecule has 2 heterocycles. The maximum absolute atomic E-state index is 12.4. The standard InChI is InChI=1S/C16H21ClN2O3/c17-12-10-13(15-14(11-12)21-8-9-22-15)16(20)18-4-7-19-5-2-1-3-6-19/h10-11H,1-9H2,(H,18,20). The van der Waals surface area contributed by atoms with Gasteiger partial charge in [-0.3, -0.25) is 4.79 Å². The Morgan fingerprint density at radius 2 is 1.95 bits per heavy atom. The lowest BCUT2D eigenvalue weighted by Gasteiger charge is -2.26. The molecule has 120 valence electrons. The third-order valence-electron chi connectivity index (χ3n) is 4.01. The fourth-order valence-electron chi connectivity index (χ4n) is 2.89. The van der Waals surface area contributed by atoms with E-state index in [4.69, 9.17) is 21.1 Å². The molecule has 0 saturated carbocycles. The molecule has 3 rings (SSSR count). The monoisotopic (exact) mass is 324 g/mol. The number of hydrogen-bond donors (Lipinski definition) is 1. The Balaban J connectivity index is 1.61. The highest BCUT2D eigenvalue weighted by atomic mass is 35.5. The molecule has 1 amide bonds. The summed E-state index contributed by atoms with van der Waals surface area (Å²) in [5, 5.41) is 3.43. The molecule has 0 radical (unpaired) electrons. The number of rotatable bonds is 4. The summed E-state index contributed by atoms with van der Waals surface area (Å²) in [4.78, 5) is 14.8. The molecule has 2 aliphatic rings. The number of carbonyl (C=O) groups excluding carboxylic acids is 1. The minimum atomic E-state index is -0.166. The molecule has 0 spiro atoms. The van der Waals surface area contributed by atoms with Crippen LogP contribution in [0.1, 0.15) is 29.6 Å². The number of nitrogens with zero attached hydrogens (tertiary/aromatic N) is 1. The van der Waals surface area contributed by atoms with Gasteiger partial charge in [0.15, 0.2) is 11.5 Å². The van der Waals surface area contributed by atoms with Crippen molar-refractivity contribution >= 4 is 17.5 Å². The molecule has 6 heteroatoms. The lowest BCUT2D eigenvalue weighted by Crippen LogP contribution is -2.37. The van der Waals surface area contributed by atoms with Crippen molar-refractivity contribution in [3.8, 4) is 11.5 Å². The highest BCUT2D eigenvalue weighted by Crippen LogP contribution is 2.36. The fraction of sp³-hybridized carbons (Fsp3) is 0.562. The number of nitrogens with one attached hydrogen (secondary N) is 1. The lowest BCUT2D eigenvalue weighted by atomic mass is 10.1. The third kappa shape index (κ3) is 3.65. The number of carbonyl (C=O) groups is 1. The molecule has 1 N–H and O–H groups in total. The van der Waals surface area contributed by atoms with E-state index in [0.29, 0.717) is 41.8 Å². The minimum Gasteiger partial charge on any atom is -0.486 e. The van der Waals surface area contributed by atoms with Crippen LogP contribution in [0.4, 0.5) is 0 Å². The highest BCUT2D eigenvalue weighted by molar-refractivity contribution is 6.31. The first-order valence-electron chi connectivity index (χ1n) is 7.84. The van der Waals surface area contributed by atoms with Gasteiger partial charge in [-0.15, -0.1) is 0 Å². The average molecular weight is 325 g/mol. The molecule has 1 saturated heterocycles. The Bertz CT molecular complexity index is 544. The second kappa shape index (κ2) is 7.20. The van der Waals surface area contributed by atoms with Crippen molar-refractivity contribution in [3.63, 3.8) is 0 Å². The van der Waals surface area contributed by atoms with Crippen molar-refractivity contribution in [1.82, 2.24) is 10.2 Å². The Hall–Kier alpha value is -1.46. The van der Waals surface area contributed by atoms with Gasteiger partial charge < -0.3 is 19.7 Å². The van der Waals surface area contributed by atoms with Crippen molar-refractivity contribution in [1.29, 1.82) is 0 Å². The number of benzene rings is 1. The quantitative estimate of drug-likeness (QED) is 0.923. The van der Waals surface area contributed by atoms with Gasteiger partial charge in [-0.25, -0.2) is 0 Å². The van der Waals surface area contributed by atoms with E-state index in [0.717, 1.165) is 19.6 Å². The van der Waals surface area contributed by atoms with Crippen molar-refractivity contribution in [2.45, 2.75) is 19.3 Å². The first-order chi connectivity index (χ1) is 10.7. The van der Waals surface area contributed by atoms with Crippen LogP contribution in [0.15, 0.2) is 12.1 Å². The predicted octanol–water partition coefficient (Wildman–Crippen LogP) is 2.33. The molecule has 1 aromatic rings. The molecule has 0 aromatic heterocycles. The highest BCUT2D eigenvalue weighted by Gasteiger charge is 2.22. The van der Waals surface area contributed by atoms with E-state index in [1.54, 1.807) is 12.1 Å². The molecular weight excluding hydrogens is 304 g/mol. The molecular formula is C16H21ClN2O3. The van der Waals surface area contributed by atoms with Gasteiger partial charge in [0.25, 0.3) is 5.91 Å². The number of ether oxygens (including phenoxy) is 2. The Kier molecular flexibility index (Phi) is 5.05. The summed E-state index contributed by atoms with van der Waals surface area (Å²) in [6, 6.07) is 3.31. The molecule has 0 atom stereocenters. The Morgan fingerprint density at radius 1 is 1.18 bits per heavy atom. The van der Waals surface area contributed by atoms with Crippen molar-refractivity contribution in [2.75, 3.05) is 39.4 Å². The molecule has 0 unspecified atom stereocenters. The number of piperidine rings is 1. The number of likely N-dealkylation sites (tertiary alicyclic amines) is 1. The van der Waals surface area contributed by atoms with Crippen molar-refractivity contribution < 1.29 is 14.3 Å². The Morgan fingerprint density at radius 3 is 2.77 bits per heavy atom. The van der Waals surface area contributed by atoms with Crippen LogP contribution in [0.2, 0.25) is 5.02 Å². The smallest absolute Gasteiger partial charge is 0.255 e. The van der Waals surface area contributed by atoms with E-state index in [1.807, 2.05) is 0 Å². The van der Waals surface area contributed by atoms with Gasteiger partial charge in [0.05, 0.1) is 5.56 Å². The summed E-state index contributed by atoms with van der Waals surface area (Å²) in [6.07, 6.45) is 3.82. The molecule has 1 fully saturated rings. The van der Waals surface area contributed by atoms with E-state index in [2.05, 4.69) is 10.2 Å². The summed E-state index contributed by atoms with van der Waals surface area (Å²) < 4.78 is 11.1. The van der Waals surface area contributed by atoms with Gasteiger partial charge in [-0.1, -0.05) is 18.0 Å². The summed E-state index contributed by atoms with van der Waals surface area (Å²) >= 11 is 6.06. The van der Waals surface area contributed by atoms with Crippen LogP contribution in [0, 0.1) is 0 Å². The molecule has 0 aliphatic carbocycles. The fourth-order valence-corrected chi connectivity index (χ4v) is 3.10. The second-order valence-corrected chi connectivity index (χ2v) is 6.07. The normalized spacial score (nSPS) is 18.0. The maximum atomic E-state index is 12.4. The third-order valence-corrected chi connectivity index (χ3v) is 4.23. The van der Waals surface area contributed by atoms with Gasteiger partial charge in [-0.05, 0) is 32.0 Å². The van der Waals surface area contributed by atoms with Crippen LogP contribution in [0.3, 0.4) is 0 Å². The van der Waals surface area contributed by atoms with E-state index in [9.17, 15) is 4.79 Å². The largest absolute Gasteiger partial charge is 0.486 e. The van der Waals surface area contributed by atoms with E-state index in [1.165, 1.54) is 19.3 Å². The van der Waals surface area contributed by atoms with Crippen LogP contribution in [-0.2, 0) is 0 Å². The number of hydrogen-bond acceptors (Lipinski definition) is 4. The molecule has 22 heavy (non-hydrogen) atoms. The van der Waals surface area contributed by atoms with Gasteiger partial charge in [0, 0.05) is 24.2 Å². The van der Waals surface area contributed by atoms with Gasteiger partial charge in [0.1, 0.15) is 13.2 Å². The zero-order valence-corrected chi connectivity index (χ0v) is 13.3. The average Bonchev–Trinajstić information content (AvgIpc) is 2.55. The molecule has 2 aliphatic heterocycles. The molecule has 0 bridgehead atoms. The van der Waals surface area contributed by atoms with Gasteiger partial charge >= 0.3 is 0 Å². The number of amides is 1. The second-order valence-electron chi connectivity index (χ2n) is 5.64. The molecule has 5 nitrogen and oxygen atoms in total. The predicted molar refractivity (Wildman–Crippen MR) is 85.1 cm³/mol. The summed E-state index contributed by atoms with van der Waals surface area (Å²) in [7, 11) is 0. The summed E-state index contributed by atoms with van der Waals surface area (Å²) in [6.45, 7) is 4.68. The van der Waals surface area contributed by atoms with Crippen LogP contribution >= 0.6 is 11.6 Å². The van der Waals surface area contributed by atoms with E-state index in [-0.39, 0.29) is 5.91 Å². The van der Waals surface area contributed by atoms with E-state index >= 15 is 0 Å². The lowest BCUT2D eigenvalue weighted by molar-refractivity contribution is 0.0935. The maximum Gasteiger partial charge on any atom is 0.255 e. The topological polar surface area (TPSA) is 50.8 Å². The molecule has 1 aromatic carbocycles. The van der Waals surface area contributed by atoms with Crippen LogP contribution in [0.5, 0.6) is 11.5 Å². The summed E-state index contributed by atoms with van der Waals surface area (Å²) in [5.41, 5.74) is 0.445. The first-order valence-corrected chi connectivity index (χ1v) is 8.21. The van der Waals surface area contributed by atoms with Gasteiger partial charge in [-0.2, -0.15) is 0 Å². The minimum absolute atomic E-state index is 0.166. The zero-order valence-electron chi connectivity index (χ0n) is 12.6. The van der Waals surface area contributed by atoms with Crippen LogP contribution < -0.4 is 14.8 Å². The zero-order chi connectivity index (χ0) is 15.4. The Labute approximate surface area is 135 Å². The SMILES string of the molecule is O=C(NCCN1CCCCC1)c1cc(Cl)cc2c1OCCO2. The summed E-state index contributed by atoms with van der Waals surface area (Å²) in [5.74, 6) is 0.868. The number of halogens is 1. The van der Waals surface area contributed by atoms with Gasteiger partial charge in [0.2, 0.25) is 0 Å². The van der Waals surface area contributed by atoms with Crippen LogP contribution in [0.25, 0.3) is 0 Å². The van der Waals surface area contributed by atoms with E-state index < -0.39 is 0 Å². The van der Waals surface area contributed by atoms with Crippen molar-refractivity contribution in [3.05, 3.63) is 22.7 Å². The van der Waals surface area contributed by atoms with Crippen molar-refractivity contribution in [2.24, 2.45) is 0 Å². The van der Waals surface area contributed by atoms with Crippen LogP contribution in [-0.4, -0.2) is 50.2 Å².